The molecule has 66 heavy (non-hydrogen) atoms. The molecule has 0 aliphatic rings. The van der Waals surface area contributed by atoms with Crippen molar-refractivity contribution in [2.45, 2.75) is 309 Å². The molecule has 0 fully saturated rings. The zero-order valence-electron chi connectivity index (χ0n) is 44.5. The second-order valence-corrected chi connectivity index (χ2v) is 19.5. The van der Waals surface area contributed by atoms with E-state index in [1.165, 1.54) is 199 Å². The van der Waals surface area contributed by atoms with Crippen LogP contribution >= 0.6 is 0 Å². The van der Waals surface area contributed by atoms with E-state index >= 15 is 0 Å². The minimum absolute atomic E-state index is 0.145. The van der Waals surface area contributed by atoms with E-state index in [-0.39, 0.29) is 25.2 Å². The summed E-state index contributed by atoms with van der Waals surface area (Å²) in [7, 11) is 0. The first kappa shape index (κ1) is 63.9. The van der Waals surface area contributed by atoms with Gasteiger partial charge in [0.05, 0.1) is 0 Å². The number of ether oxygens (including phenoxy) is 3. The number of carbonyl (C=O) groups is 2. The first-order chi connectivity index (χ1) is 32.6. The van der Waals surface area contributed by atoms with Crippen LogP contribution in [-0.4, -0.2) is 37.9 Å². The number of carbonyl (C=O) groups excluding carboxylic acids is 2. The number of esters is 2. The van der Waals surface area contributed by atoms with E-state index in [4.69, 9.17) is 14.2 Å². The molecule has 0 saturated carbocycles. The van der Waals surface area contributed by atoms with Gasteiger partial charge in [0.2, 0.25) is 0 Å². The Labute approximate surface area is 412 Å². The van der Waals surface area contributed by atoms with E-state index in [0.29, 0.717) is 19.4 Å². The van der Waals surface area contributed by atoms with Crippen LogP contribution in [0, 0.1) is 0 Å². The summed E-state index contributed by atoms with van der Waals surface area (Å²) in [5.74, 6) is -0.353. The maximum absolute atomic E-state index is 12.7. The molecule has 0 bridgehead atoms. The minimum atomic E-state index is -0.409. The van der Waals surface area contributed by atoms with Gasteiger partial charge in [-0.05, 0) is 64.2 Å². The van der Waals surface area contributed by atoms with Crippen LogP contribution in [0.1, 0.15) is 303 Å². The largest absolute Gasteiger partial charge is 0.463 e. The summed E-state index contributed by atoms with van der Waals surface area (Å²) in [5, 5.41) is 0. The second-order valence-electron chi connectivity index (χ2n) is 19.5. The third kappa shape index (κ3) is 54.5. The average molecular weight is 926 g/mol. The molecule has 0 heterocycles. The van der Waals surface area contributed by atoms with Gasteiger partial charge in [-0.1, -0.05) is 275 Å². The van der Waals surface area contributed by atoms with E-state index in [9.17, 15) is 9.59 Å². The monoisotopic (exact) mass is 925 g/mol. The highest BCUT2D eigenvalue weighted by Gasteiger charge is 2.16. The Hall–Kier alpha value is -2.14. The van der Waals surface area contributed by atoms with Crippen molar-refractivity contribution in [1.29, 1.82) is 0 Å². The number of rotatable bonds is 54. The molecular formula is C61H112O5. The summed E-state index contributed by atoms with van der Waals surface area (Å²) in [6, 6.07) is 0. The van der Waals surface area contributed by atoms with Gasteiger partial charge in [0.1, 0.15) is 19.3 Å². The maximum atomic E-state index is 12.7. The molecule has 0 N–H and O–H groups in total. The SMILES string of the molecule is CCCCC/C=C\C/C=C\C/C=C\C/C=C\CCCCCC(=O)OC[C@H](COC(=O)CCCCCCCCCCCCCCCCC)OCCCCCCCCCCCCCCCCCC. The Balaban J connectivity index is 4.28. The highest BCUT2D eigenvalue weighted by molar-refractivity contribution is 5.69. The zero-order valence-corrected chi connectivity index (χ0v) is 44.5. The second kappa shape index (κ2) is 57.2. The molecule has 0 rings (SSSR count). The molecule has 386 valence electrons. The lowest BCUT2D eigenvalue weighted by Gasteiger charge is -2.18. The standard InChI is InChI=1S/C61H112O5/c1-4-7-10-13-16-19-22-25-28-30-31-32-34-37-40-43-46-49-52-55-61(63)66-58-59(64-56-53-50-47-44-41-38-35-29-26-23-20-17-14-11-8-5-2)57-65-60(62)54-51-48-45-42-39-36-33-27-24-21-18-15-12-9-6-3/h16,19,25,28,31-32,37,40,59H,4-15,17-18,20-24,26-27,29-30,33-36,38-39,41-58H2,1-3H3/b19-16-,28-25-,32-31-,40-37-/t59-/m0/s1. The van der Waals surface area contributed by atoms with Crippen LogP contribution in [0.4, 0.5) is 0 Å². The fraction of sp³-hybridized carbons (Fsp3) is 0.836. The summed E-state index contributed by atoms with van der Waals surface area (Å²) in [4.78, 5) is 25.3. The van der Waals surface area contributed by atoms with Crippen molar-refractivity contribution in [1.82, 2.24) is 0 Å². The van der Waals surface area contributed by atoms with E-state index in [2.05, 4.69) is 69.4 Å². The fourth-order valence-corrected chi connectivity index (χ4v) is 8.47. The van der Waals surface area contributed by atoms with Gasteiger partial charge in [-0.2, -0.15) is 0 Å². The Bertz CT molecular complexity index is 1090. The molecule has 5 heteroatoms. The van der Waals surface area contributed by atoms with Crippen molar-refractivity contribution in [2.24, 2.45) is 0 Å². The first-order valence-electron chi connectivity index (χ1n) is 29.2. The number of hydrogen-bond acceptors (Lipinski definition) is 5. The van der Waals surface area contributed by atoms with Gasteiger partial charge >= 0.3 is 11.9 Å². The van der Waals surface area contributed by atoms with Crippen LogP contribution < -0.4 is 0 Å². The summed E-state index contributed by atoms with van der Waals surface area (Å²) in [5.41, 5.74) is 0. The molecule has 1 atom stereocenters. The number of unbranched alkanes of at least 4 members (excludes halogenated alkanes) is 35. The van der Waals surface area contributed by atoms with Crippen LogP contribution in [0.3, 0.4) is 0 Å². The van der Waals surface area contributed by atoms with Gasteiger partial charge in [0.25, 0.3) is 0 Å². The summed E-state index contributed by atoms with van der Waals surface area (Å²) < 4.78 is 17.5. The minimum Gasteiger partial charge on any atom is -0.463 e. The summed E-state index contributed by atoms with van der Waals surface area (Å²) in [6.07, 6.45) is 71.5. The third-order valence-electron chi connectivity index (χ3n) is 12.9. The van der Waals surface area contributed by atoms with E-state index in [0.717, 1.165) is 70.6 Å². The van der Waals surface area contributed by atoms with Crippen LogP contribution in [0.15, 0.2) is 48.6 Å². The predicted octanol–water partition coefficient (Wildman–Crippen LogP) is 19.9. The summed E-state index contributed by atoms with van der Waals surface area (Å²) >= 11 is 0. The molecule has 0 aromatic carbocycles. The normalized spacial score (nSPS) is 12.5. The average Bonchev–Trinajstić information content (AvgIpc) is 3.32. The predicted molar refractivity (Wildman–Crippen MR) is 288 cm³/mol. The van der Waals surface area contributed by atoms with Gasteiger partial charge in [0, 0.05) is 19.4 Å². The van der Waals surface area contributed by atoms with E-state index in [1.54, 1.807) is 0 Å². The summed E-state index contributed by atoms with van der Waals surface area (Å²) in [6.45, 7) is 7.72. The van der Waals surface area contributed by atoms with Gasteiger partial charge in [-0.3, -0.25) is 9.59 Å². The van der Waals surface area contributed by atoms with Crippen LogP contribution in [0.2, 0.25) is 0 Å². The van der Waals surface area contributed by atoms with Crippen molar-refractivity contribution < 1.29 is 23.8 Å². The molecule has 5 nitrogen and oxygen atoms in total. The number of hydrogen-bond donors (Lipinski definition) is 0. The Morgan fingerprint density at radius 1 is 0.318 bits per heavy atom. The molecule has 0 aromatic heterocycles. The Kier molecular flexibility index (Phi) is 55.3. The van der Waals surface area contributed by atoms with Gasteiger partial charge in [-0.25, -0.2) is 0 Å². The third-order valence-corrected chi connectivity index (χ3v) is 12.9. The van der Waals surface area contributed by atoms with Crippen LogP contribution in [0.5, 0.6) is 0 Å². The quantitative estimate of drug-likeness (QED) is 0.0345. The van der Waals surface area contributed by atoms with Crippen molar-refractivity contribution in [3.8, 4) is 0 Å². The van der Waals surface area contributed by atoms with Crippen molar-refractivity contribution in [2.75, 3.05) is 19.8 Å². The van der Waals surface area contributed by atoms with Crippen molar-refractivity contribution >= 4 is 11.9 Å². The lowest BCUT2D eigenvalue weighted by Crippen LogP contribution is -2.29. The lowest BCUT2D eigenvalue weighted by atomic mass is 10.0. The molecule has 0 amide bonds. The zero-order chi connectivity index (χ0) is 47.7. The van der Waals surface area contributed by atoms with E-state index in [1.807, 2.05) is 0 Å². The molecular weight excluding hydrogens is 813 g/mol. The fourth-order valence-electron chi connectivity index (χ4n) is 8.47. The van der Waals surface area contributed by atoms with E-state index < -0.39 is 6.10 Å². The highest BCUT2D eigenvalue weighted by Crippen LogP contribution is 2.16. The number of allylic oxidation sites excluding steroid dienone is 8. The molecule has 0 radical (unpaired) electrons. The molecule has 0 spiro atoms. The van der Waals surface area contributed by atoms with Crippen molar-refractivity contribution in [3.05, 3.63) is 48.6 Å². The van der Waals surface area contributed by atoms with Gasteiger partial charge in [0.15, 0.2) is 0 Å². The topological polar surface area (TPSA) is 61.8 Å². The van der Waals surface area contributed by atoms with Crippen LogP contribution in [0.25, 0.3) is 0 Å². The molecule has 0 saturated heterocycles. The maximum Gasteiger partial charge on any atom is 0.305 e. The van der Waals surface area contributed by atoms with Crippen LogP contribution in [-0.2, 0) is 23.8 Å². The molecule has 0 aliphatic heterocycles. The van der Waals surface area contributed by atoms with Gasteiger partial charge < -0.3 is 14.2 Å². The molecule has 0 unspecified atom stereocenters. The van der Waals surface area contributed by atoms with Crippen molar-refractivity contribution in [3.63, 3.8) is 0 Å². The lowest BCUT2D eigenvalue weighted by molar-refractivity contribution is -0.155. The van der Waals surface area contributed by atoms with Gasteiger partial charge in [-0.15, -0.1) is 0 Å². The Morgan fingerprint density at radius 3 is 0.924 bits per heavy atom. The highest BCUT2D eigenvalue weighted by atomic mass is 16.6. The smallest absolute Gasteiger partial charge is 0.305 e. The first-order valence-corrected chi connectivity index (χ1v) is 29.2. The molecule has 0 aromatic rings. The molecule has 0 aliphatic carbocycles. The Morgan fingerprint density at radius 2 is 0.576 bits per heavy atom.